The Labute approximate surface area is 190 Å². The maximum Gasteiger partial charge on any atom is 0.176 e. The summed E-state index contributed by atoms with van der Waals surface area (Å²) in [5, 5.41) is 11.1. The number of hydrogen-bond acceptors (Lipinski definition) is 3. The molecule has 3 nitrogen and oxygen atoms in total. The fourth-order valence-corrected chi connectivity index (χ4v) is 5.69. The number of fused-ring (bicyclic) bond motifs is 1. The van der Waals surface area contributed by atoms with Crippen LogP contribution in [0.2, 0.25) is 0 Å². The standard InChI is InChI=1S/C29H31NO2/c31-28(25-13-11-24(12-14-25)23-9-5-2-6-10-23)21-30-19-26-17-29(32,18-27(26)20-30)16-15-22-7-3-1-4-8-22/h1-14,26-27,32H,15-21H2. The summed E-state index contributed by atoms with van der Waals surface area (Å²) in [4.78, 5) is 15.2. The Morgan fingerprint density at radius 3 is 2.00 bits per heavy atom. The van der Waals surface area contributed by atoms with Crippen molar-refractivity contribution in [3.8, 4) is 11.1 Å². The fourth-order valence-electron chi connectivity index (χ4n) is 5.69. The van der Waals surface area contributed by atoms with Crippen molar-refractivity contribution >= 4 is 5.78 Å². The predicted octanol–water partition coefficient (Wildman–Crippen LogP) is 5.24. The monoisotopic (exact) mass is 425 g/mol. The van der Waals surface area contributed by atoms with E-state index < -0.39 is 5.60 Å². The van der Waals surface area contributed by atoms with E-state index in [1.807, 2.05) is 48.5 Å². The van der Waals surface area contributed by atoms with E-state index >= 15 is 0 Å². The number of aliphatic hydroxyl groups is 1. The summed E-state index contributed by atoms with van der Waals surface area (Å²) in [6, 6.07) is 28.6. The molecule has 0 amide bonds. The van der Waals surface area contributed by atoms with Crippen LogP contribution in [-0.2, 0) is 6.42 Å². The van der Waals surface area contributed by atoms with Crippen molar-refractivity contribution in [2.45, 2.75) is 31.3 Å². The van der Waals surface area contributed by atoms with E-state index in [1.165, 1.54) is 11.1 Å². The molecule has 2 aliphatic rings. The van der Waals surface area contributed by atoms with Crippen LogP contribution in [0.4, 0.5) is 0 Å². The molecule has 2 fully saturated rings. The van der Waals surface area contributed by atoms with Gasteiger partial charge in [0, 0.05) is 18.7 Å². The van der Waals surface area contributed by atoms with Crippen molar-refractivity contribution in [1.82, 2.24) is 4.90 Å². The smallest absolute Gasteiger partial charge is 0.176 e. The lowest BCUT2D eigenvalue weighted by Gasteiger charge is -2.26. The van der Waals surface area contributed by atoms with E-state index in [0.717, 1.165) is 49.9 Å². The second-order valence-electron chi connectivity index (χ2n) is 9.70. The average Bonchev–Trinajstić information content (AvgIpc) is 3.33. The summed E-state index contributed by atoms with van der Waals surface area (Å²) in [6.07, 6.45) is 3.48. The number of likely N-dealkylation sites (tertiary alicyclic amines) is 1. The lowest BCUT2D eigenvalue weighted by atomic mass is 9.91. The molecule has 0 spiro atoms. The molecule has 3 aromatic carbocycles. The molecule has 164 valence electrons. The van der Waals surface area contributed by atoms with Crippen molar-refractivity contribution in [1.29, 1.82) is 0 Å². The first-order valence-corrected chi connectivity index (χ1v) is 11.8. The Hall–Kier alpha value is -2.75. The molecule has 3 aromatic rings. The highest BCUT2D eigenvalue weighted by Gasteiger charge is 2.47. The third kappa shape index (κ3) is 4.69. The first-order chi connectivity index (χ1) is 15.6. The minimum absolute atomic E-state index is 0.184. The lowest BCUT2D eigenvalue weighted by molar-refractivity contribution is 0.0271. The van der Waals surface area contributed by atoms with Gasteiger partial charge < -0.3 is 5.11 Å². The van der Waals surface area contributed by atoms with Gasteiger partial charge in [0.2, 0.25) is 0 Å². The molecule has 0 bridgehead atoms. The number of Topliss-reactive ketones (excluding diaryl/α,β-unsaturated/α-hetero) is 1. The molecule has 0 radical (unpaired) electrons. The molecule has 2 atom stereocenters. The Kier molecular flexibility index (Phi) is 5.95. The molecule has 1 saturated carbocycles. The third-order valence-electron chi connectivity index (χ3n) is 7.34. The Balaban J connectivity index is 1.13. The van der Waals surface area contributed by atoms with E-state index in [2.05, 4.69) is 41.3 Å². The number of nitrogens with zero attached hydrogens (tertiary/aromatic N) is 1. The van der Waals surface area contributed by atoms with Gasteiger partial charge in [0.05, 0.1) is 12.1 Å². The van der Waals surface area contributed by atoms with Crippen LogP contribution in [0, 0.1) is 11.8 Å². The van der Waals surface area contributed by atoms with Gasteiger partial charge in [0.1, 0.15) is 0 Å². The molecule has 1 saturated heterocycles. The average molecular weight is 426 g/mol. The van der Waals surface area contributed by atoms with Crippen molar-refractivity contribution < 1.29 is 9.90 Å². The highest BCUT2D eigenvalue weighted by Crippen LogP contribution is 2.45. The molecule has 32 heavy (non-hydrogen) atoms. The number of ketones is 1. The van der Waals surface area contributed by atoms with Crippen LogP contribution < -0.4 is 0 Å². The zero-order chi connectivity index (χ0) is 22.0. The van der Waals surface area contributed by atoms with Gasteiger partial charge >= 0.3 is 0 Å². The van der Waals surface area contributed by atoms with Crippen LogP contribution in [0.15, 0.2) is 84.9 Å². The Morgan fingerprint density at radius 1 is 0.812 bits per heavy atom. The minimum atomic E-state index is -0.547. The van der Waals surface area contributed by atoms with Gasteiger partial charge in [-0.05, 0) is 54.2 Å². The van der Waals surface area contributed by atoms with E-state index in [4.69, 9.17) is 0 Å². The van der Waals surface area contributed by atoms with Gasteiger partial charge in [0.15, 0.2) is 5.78 Å². The van der Waals surface area contributed by atoms with Gasteiger partial charge in [-0.1, -0.05) is 84.9 Å². The second kappa shape index (κ2) is 9.01. The van der Waals surface area contributed by atoms with Crippen molar-refractivity contribution in [3.63, 3.8) is 0 Å². The highest BCUT2D eigenvalue weighted by atomic mass is 16.3. The molecule has 1 aliphatic heterocycles. The van der Waals surface area contributed by atoms with E-state index in [9.17, 15) is 9.90 Å². The lowest BCUT2D eigenvalue weighted by Crippen LogP contribution is -2.33. The van der Waals surface area contributed by atoms with E-state index in [1.54, 1.807) is 0 Å². The number of carbonyl (C=O) groups is 1. The Morgan fingerprint density at radius 2 is 1.38 bits per heavy atom. The SMILES string of the molecule is O=C(CN1CC2CC(O)(CCc3ccccc3)CC2C1)c1ccc(-c2ccccc2)cc1. The van der Waals surface area contributed by atoms with Crippen molar-refractivity contribution in [3.05, 3.63) is 96.1 Å². The zero-order valence-corrected chi connectivity index (χ0v) is 18.5. The van der Waals surface area contributed by atoms with Gasteiger partial charge in [-0.25, -0.2) is 0 Å². The first kappa shape index (κ1) is 21.1. The molecule has 0 aromatic heterocycles. The maximum atomic E-state index is 12.9. The maximum absolute atomic E-state index is 12.9. The zero-order valence-electron chi connectivity index (χ0n) is 18.5. The van der Waals surface area contributed by atoms with Crippen LogP contribution in [0.1, 0.15) is 35.2 Å². The van der Waals surface area contributed by atoms with E-state index in [0.29, 0.717) is 18.4 Å². The third-order valence-corrected chi connectivity index (χ3v) is 7.34. The molecular formula is C29H31NO2. The molecule has 1 N–H and O–H groups in total. The highest BCUT2D eigenvalue weighted by molar-refractivity contribution is 5.98. The summed E-state index contributed by atoms with van der Waals surface area (Å²) >= 11 is 0. The van der Waals surface area contributed by atoms with Crippen molar-refractivity contribution in [2.24, 2.45) is 11.8 Å². The molecule has 1 aliphatic carbocycles. The van der Waals surface area contributed by atoms with Crippen LogP contribution in [-0.4, -0.2) is 41.0 Å². The quantitative estimate of drug-likeness (QED) is 0.526. The molecule has 3 heteroatoms. The van der Waals surface area contributed by atoms with E-state index in [-0.39, 0.29) is 5.78 Å². The van der Waals surface area contributed by atoms with Gasteiger partial charge in [-0.15, -0.1) is 0 Å². The number of aryl methyl sites for hydroxylation is 1. The van der Waals surface area contributed by atoms with Gasteiger partial charge in [-0.3, -0.25) is 9.69 Å². The van der Waals surface area contributed by atoms with Crippen LogP contribution in [0.5, 0.6) is 0 Å². The summed E-state index contributed by atoms with van der Waals surface area (Å²) < 4.78 is 0. The molecular weight excluding hydrogens is 394 g/mol. The minimum Gasteiger partial charge on any atom is -0.390 e. The van der Waals surface area contributed by atoms with Crippen molar-refractivity contribution in [2.75, 3.05) is 19.6 Å². The van der Waals surface area contributed by atoms with Gasteiger partial charge in [-0.2, -0.15) is 0 Å². The summed E-state index contributed by atoms with van der Waals surface area (Å²) in [7, 11) is 0. The summed E-state index contributed by atoms with van der Waals surface area (Å²) in [5.74, 6) is 1.19. The predicted molar refractivity (Wildman–Crippen MR) is 129 cm³/mol. The fraction of sp³-hybridized carbons (Fsp3) is 0.345. The van der Waals surface area contributed by atoms with Crippen LogP contribution in [0.25, 0.3) is 11.1 Å². The molecule has 2 unspecified atom stereocenters. The van der Waals surface area contributed by atoms with Crippen LogP contribution in [0.3, 0.4) is 0 Å². The summed E-state index contributed by atoms with van der Waals surface area (Å²) in [6.45, 7) is 2.32. The molecule has 1 heterocycles. The Bertz CT molecular complexity index is 1030. The number of hydrogen-bond donors (Lipinski definition) is 1. The topological polar surface area (TPSA) is 40.5 Å². The summed E-state index contributed by atoms with van der Waals surface area (Å²) in [5.41, 5.74) is 3.82. The largest absolute Gasteiger partial charge is 0.390 e. The number of carbonyl (C=O) groups excluding carboxylic acids is 1. The van der Waals surface area contributed by atoms with Gasteiger partial charge in [0.25, 0.3) is 0 Å². The number of rotatable bonds is 7. The molecule has 5 rings (SSSR count). The first-order valence-electron chi connectivity index (χ1n) is 11.8. The number of benzene rings is 3. The van der Waals surface area contributed by atoms with Crippen LogP contribution >= 0.6 is 0 Å². The second-order valence-corrected chi connectivity index (χ2v) is 9.70. The normalized spacial score (nSPS) is 25.0.